The zero-order chi connectivity index (χ0) is 21.7. The summed E-state index contributed by atoms with van der Waals surface area (Å²) in [7, 11) is 0. The normalized spacial score (nSPS) is 15.1. The summed E-state index contributed by atoms with van der Waals surface area (Å²) in [5.74, 6) is -0.383. The van der Waals surface area contributed by atoms with Crippen molar-refractivity contribution < 1.29 is 29.3 Å². The standard InChI is InChI=1S/C21H19ClN2O6/c1-12-29-18-9-13(8-14(20(18)30-12)4-2-3-5-19(26)27)11-23-24-21(28)15-6-7-17(25)16(22)10-15/h2,4,6-12,25H,3,5H2,1H3,(H,24,28)(H,26,27)/b4-2+,23-11+. The number of nitrogens with one attached hydrogen (secondary N) is 1. The Morgan fingerprint density at radius 2 is 2.07 bits per heavy atom. The predicted molar refractivity (Wildman–Crippen MR) is 111 cm³/mol. The topological polar surface area (TPSA) is 117 Å². The molecule has 8 nitrogen and oxygen atoms in total. The molecule has 0 aromatic heterocycles. The molecule has 0 bridgehead atoms. The number of hydrazone groups is 1. The van der Waals surface area contributed by atoms with Crippen LogP contribution in [-0.2, 0) is 4.79 Å². The highest BCUT2D eigenvalue weighted by Gasteiger charge is 2.23. The zero-order valence-electron chi connectivity index (χ0n) is 16.0. The molecule has 0 fully saturated rings. The molecule has 0 saturated carbocycles. The van der Waals surface area contributed by atoms with E-state index in [1.165, 1.54) is 24.4 Å². The van der Waals surface area contributed by atoms with Gasteiger partial charge in [-0.2, -0.15) is 5.10 Å². The second-order valence-corrected chi connectivity index (χ2v) is 6.85. The van der Waals surface area contributed by atoms with E-state index in [2.05, 4.69) is 10.5 Å². The number of carbonyl (C=O) groups is 2. The number of carbonyl (C=O) groups excluding carboxylic acids is 1. The highest BCUT2D eigenvalue weighted by atomic mass is 35.5. The Morgan fingerprint density at radius 3 is 2.80 bits per heavy atom. The van der Waals surface area contributed by atoms with Crippen LogP contribution in [0.15, 0.2) is 41.5 Å². The molecule has 0 spiro atoms. The van der Waals surface area contributed by atoms with Gasteiger partial charge in [-0.3, -0.25) is 9.59 Å². The lowest BCUT2D eigenvalue weighted by atomic mass is 10.1. The number of halogens is 1. The number of fused-ring (bicyclic) bond motifs is 1. The average Bonchev–Trinajstić information content (AvgIpc) is 3.07. The summed E-state index contributed by atoms with van der Waals surface area (Å²) in [4.78, 5) is 22.8. The first kappa shape index (κ1) is 21.2. The summed E-state index contributed by atoms with van der Waals surface area (Å²) < 4.78 is 11.3. The van der Waals surface area contributed by atoms with Gasteiger partial charge in [0, 0.05) is 24.5 Å². The van der Waals surface area contributed by atoms with Crippen LogP contribution in [0.25, 0.3) is 6.08 Å². The maximum absolute atomic E-state index is 12.2. The predicted octanol–water partition coefficient (Wildman–Crippen LogP) is 3.80. The van der Waals surface area contributed by atoms with Crippen LogP contribution < -0.4 is 14.9 Å². The Morgan fingerprint density at radius 1 is 1.27 bits per heavy atom. The van der Waals surface area contributed by atoms with Gasteiger partial charge in [0.2, 0.25) is 6.29 Å². The Kier molecular flexibility index (Phi) is 6.58. The van der Waals surface area contributed by atoms with E-state index in [0.29, 0.717) is 29.0 Å². The van der Waals surface area contributed by atoms with Gasteiger partial charge < -0.3 is 19.7 Å². The van der Waals surface area contributed by atoms with Crippen LogP contribution in [0.3, 0.4) is 0 Å². The number of carboxylic acid groups (broad SMARTS) is 1. The molecule has 0 saturated heterocycles. The van der Waals surface area contributed by atoms with Gasteiger partial charge in [-0.1, -0.05) is 23.8 Å². The largest absolute Gasteiger partial charge is 0.506 e. The van der Waals surface area contributed by atoms with E-state index in [0.717, 1.165) is 0 Å². The van der Waals surface area contributed by atoms with Crippen molar-refractivity contribution in [2.24, 2.45) is 5.10 Å². The number of rotatable bonds is 7. The number of ether oxygens (including phenoxy) is 2. The molecule has 3 rings (SSSR count). The number of carboxylic acids is 1. The molecule has 1 aliphatic rings. The van der Waals surface area contributed by atoms with E-state index in [9.17, 15) is 14.7 Å². The Labute approximate surface area is 177 Å². The number of hydrogen-bond donors (Lipinski definition) is 3. The smallest absolute Gasteiger partial charge is 0.303 e. The van der Waals surface area contributed by atoms with Crippen molar-refractivity contribution in [3.05, 3.63) is 58.1 Å². The van der Waals surface area contributed by atoms with Gasteiger partial charge >= 0.3 is 5.97 Å². The van der Waals surface area contributed by atoms with Crippen LogP contribution in [0.2, 0.25) is 5.02 Å². The van der Waals surface area contributed by atoms with Crippen molar-refractivity contribution in [3.8, 4) is 17.2 Å². The number of phenols is 1. The minimum Gasteiger partial charge on any atom is -0.506 e. The Bertz CT molecular complexity index is 1030. The number of allylic oxidation sites excluding steroid dienone is 1. The lowest BCUT2D eigenvalue weighted by Crippen LogP contribution is -2.17. The molecular weight excluding hydrogens is 412 g/mol. The van der Waals surface area contributed by atoms with E-state index in [1.54, 1.807) is 31.2 Å². The monoisotopic (exact) mass is 430 g/mol. The highest BCUT2D eigenvalue weighted by molar-refractivity contribution is 6.32. The number of phenolic OH excluding ortho intramolecular Hbond substituents is 1. The first-order valence-corrected chi connectivity index (χ1v) is 9.43. The van der Waals surface area contributed by atoms with Gasteiger partial charge in [0.1, 0.15) is 5.75 Å². The minimum atomic E-state index is -0.871. The molecule has 2 aromatic rings. The lowest BCUT2D eigenvalue weighted by Gasteiger charge is -2.04. The molecule has 0 radical (unpaired) electrons. The SMILES string of the molecule is CC1Oc2cc(/C=N/NC(=O)c3ccc(O)c(Cl)c3)cc(/C=C/CCC(=O)O)c2O1. The Balaban J connectivity index is 1.74. The summed E-state index contributed by atoms with van der Waals surface area (Å²) in [5.41, 5.74) is 3.99. The second kappa shape index (κ2) is 9.32. The van der Waals surface area contributed by atoms with Crippen LogP contribution in [-0.4, -0.2) is 34.6 Å². The van der Waals surface area contributed by atoms with Gasteiger partial charge in [-0.15, -0.1) is 0 Å². The van der Waals surface area contributed by atoms with E-state index < -0.39 is 18.2 Å². The number of hydrogen-bond acceptors (Lipinski definition) is 6. The quantitative estimate of drug-likeness (QED) is 0.454. The van der Waals surface area contributed by atoms with Gasteiger partial charge in [0.15, 0.2) is 11.5 Å². The molecular formula is C21H19ClN2O6. The highest BCUT2D eigenvalue weighted by Crippen LogP contribution is 2.39. The summed E-state index contributed by atoms with van der Waals surface area (Å²) in [6, 6.07) is 7.59. The third-order valence-corrected chi connectivity index (χ3v) is 4.40. The maximum atomic E-state index is 12.2. The number of benzene rings is 2. The number of aromatic hydroxyl groups is 1. The number of amides is 1. The minimum absolute atomic E-state index is 0.0287. The molecule has 1 unspecified atom stereocenters. The molecule has 30 heavy (non-hydrogen) atoms. The van der Waals surface area contributed by atoms with Crippen LogP contribution in [0.4, 0.5) is 0 Å². The molecule has 1 aliphatic heterocycles. The third-order valence-electron chi connectivity index (χ3n) is 4.09. The fourth-order valence-electron chi connectivity index (χ4n) is 2.72. The average molecular weight is 431 g/mol. The van der Waals surface area contributed by atoms with Crippen molar-refractivity contribution in [3.63, 3.8) is 0 Å². The maximum Gasteiger partial charge on any atom is 0.303 e. The molecule has 1 heterocycles. The van der Waals surface area contributed by atoms with Gasteiger partial charge in [-0.05, 0) is 42.3 Å². The zero-order valence-corrected chi connectivity index (χ0v) is 16.7. The van der Waals surface area contributed by atoms with Crippen molar-refractivity contribution in [1.82, 2.24) is 5.43 Å². The third kappa shape index (κ3) is 5.30. The van der Waals surface area contributed by atoms with E-state index in [1.807, 2.05) is 0 Å². The van der Waals surface area contributed by atoms with Gasteiger partial charge in [0.05, 0.1) is 11.2 Å². The van der Waals surface area contributed by atoms with E-state index in [-0.39, 0.29) is 22.8 Å². The summed E-state index contributed by atoms with van der Waals surface area (Å²) in [5, 5.41) is 22.2. The van der Waals surface area contributed by atoms with Crippen LogP contribution in [0, 0.1) is 0 Å². The molecule has 156 valence electrons. The molecule has 0 aliphatic carbocycles. The first-order chi connectivity index (χ1) is 14.3. The van der Waals surface area contributed by atoms with Crippen LogP contribution in [0.1, 0.15) is 41.3 Å². The molecule has 1 atom stereocenters. The Hall–Kier alpha value is -3.52. The van der Waals surface area contributed by atoms with Crippen molar-refractivity contribution in [1.29, 1.82) is 0 Å². The summed E-state index contributed by atoms with van der Waals surface area (Å²) >= 11 is 5.81. The fourth-order valence-corrected chi connectivity index (χ4v) is 2.90. The van der Waals surface area contributed by atoms with Crippen LogP contribution >= 0.6 is 11.6 Å². The molecule has 9 heteroatoms. The van der Waals surface area contributed by atoms with Gasteiger partial charge in [-0.25, -0.2) is 5.43 Å². The number of aliphatic carboxylic acids is 1. The van der Waals surface area contributed by atoms with E-state index >= 15 is 0 Å². The fraction of sp³-hybridized carbons (Fsp3) is 0.190. The summed E-state index contributed by atoms with van der Waals surface area (Å²) in [6.45, 7) is 1.76. The molecule has 2 aromatic carbocycles. The molecule has 1 amide bonds. The van der Waals surface area contributed by atoms with Gasteiger partial charge in [0.25, 0.3) is 5.91 Å². The van der Waals surface area contributed by atoms with E-state index in [4.69, 9.17) is 26.2 Å². The first-order valence-electron chi connectivity index (χ1n) is 9.05. The van der Waals surface area contributed by atoms with Crippen LogP contribution in [0.5, 0.6) is 17.2 Å². The second-order valence-electron chi connectivity index (χ2n) is 6.44. The lowest BCUT2D eigenvalue weighted by molar-refractivity contribution is -0.136. The van der Waals surface area contributed by atoms with Crippen molar-refractivity contribution >= 4 is 35.8 Å². The van der Waals surface area contributed by atoms with Crippen molar-refractivity contribution in [2.75, 3.05) is 0 Å². The van der Waals surface area contributed by atoms with Crippen molar-refractivity contribution in [2.45, 2.75) is 26.1 Å². The summed E-state index contributed by atoms with van der Waals surface area (Å²) in [6.07, 6.45) is 4.91. The number of nitrogens with zero attached hydrogens (tertiary/aromatic N) is 1. The molecule has 3 N–H and O–H groups in total.